The molecule has 7 nitrogen and oxygen atoms in total. The molecule has 1 aromatic carbocycles. The highest BCUT2D eigenvalue weighted by atomic mass is 32.2. The van der Waals surface area contributed by atoms with Gasteiger partial charge >= 0.3 is 5.97 Å². The van der Waals surface area contributed by atoms with E-state index in [4.69, 9.17) is 4.74 Å². The number of fused-ring (bicyclic) bond motifs is 2. The zero-order valence-corrected chi connectivity index (χ0v) is 21.1. The van der Waals surface area contributed by atoms with Crippen LogP contribution in [0.1, 0.15) is 63.9 Å². The molecular weight excluding hydrogens is 438 g/mol. The molecule has 0 N–H and O–H groups in total. The van der Waals surface area contributed by atoms with Crippen molar-refractivity contribution in [3.8, 4) is 0 Å². The fraction of sp³-hybridized carbons (Fsp3) is 0.520. The molecule has 0 unspecified atom stereocenters. The molecule has 33 heavy (non-hydrogen) atoms. The molecule has 0 radical (unpaired) electrons. The summed E-state index contributed by atoms with van der Waals surface area (Å²) in [4.78, 5) is 13.4. The smallest absolute Gasteiger partial charge is 0.317 e. The van der Waals surface area contributed by atoms with Gasteiger partial charge in [0, 0.05) is 19.1 Å². The number of benzene rings is 1. The molecule has 1 saturated heterocycles. The van der Waals surface area contributed by atoms with Crippen LogP contribution in [0.2, 0.25) is 0 Å². The maximum absolute atomic E-state index is 13.6. The highest BCUT2D eigenvalue weighted by Gasteiger charge is 2.51. The van der Waals surface area contributed by atoms with Crippen LogP contribution in [0.4, 0.5) is 0 Å². The van der Waals surface area contributed by atoms with Gasteiger partial charge in [0.25, 0.3) is 0 Å². The molecule has 2 heterocycles. The number of aromatic nitrogens is 2. The average molecular weight is 472 g/mol. The third-order valence-electron chi connectivity index (χ3n) is 6.83. The Balaban J connectivity index is 1.71. The van der Waals surface area contributed by atoms with Crippen LogP contribution in [0.25, 0.3) is 6.08 Å². The molecule has 2 aliphatic rings. The first-order valence-electron chi connectivity index (χ1n) is 11.4. The second kappa shape index (κ2) is 8.09. The number of carbonyl (C=O) groups is 1. The van der Waals surface area contributed by atoms with Gasteiger partial charge in [0.05, 0.1) is 23.9 Å². The first-order valence-corrected chi connectivity index (χ1v) is 12.8. The van der Waals surface area contributed by atoms with E-state index in [0.717, 1.165) is 22.4 Å². The highest BCUT2D eigenvalue weighted by Crippen LogP contribution is 2.46. The SMILES string of the molecule is COC(=O)[C@]12Cc3cnn(C(C)C)c3C=C1CCN(S(=O)(=O)c1ccc(C(C)(C)C)cc1)C2. The number of sulfonamides is 1. The average Bonchev–Trinajstić information content (AvgIpc) is 3.18. The van der Waals surface area contributed by atoms with E-state index in [-0.39, 0.29) is 22.9 Å². The minimum Gasteiger partial charge on any atom is -0.468 e. The summed E-state index contributed by atoms with van der Waals surface area (Å²) in [6.45, 7) is 10.8. The molecule has 8 heteroatoms. The molecule has 0 saturated carbocycles. The number of nitrogens with zero attached hydrogens (tertiary/aromatic N) is 3. The van der Waals surface area contributed by atoms with Gasteiger partial charge in [-0.25, -0.2) is 8.42 Å². The number of rotatable bonds is 4. The lowest BCUT2D eigenvalue weighted by molar-refractivity contribution is -0.151. The van der Waals surface area contributed by atoms with E-state index in [9.17, 15) is 13.2 Å². The van der Waals surface area contributed by atoms with E-state index in [1.54, 1.807) is 18.3 Å². The van der Waals surface area contributed by atoms with Crippen molar-refractivity contribution in [2.75, 3.05) is 20.2 Å². The lowest BCUT2D eigenvalue weighted by Gasteiger charge is -2.43. The third-order valence-corrected chi connectivity index (χ3v) is 8.69. The van der Waals surface area contributed by atoms with Gasteiger partial charge < -0.3 is 4.74 Å². The second-order valence-corrected chi connectivity index (χ2v) is 12.3. The van der Waals surface area contributed by atoms with Crippen molar-refractivity contribution < 1.29 is 17.9 Å². The lowest BCUT2D eigenvalue weighted by atomic mass is 9.69. The minimum absolute atomic E-state index is 0.0567. The number of hydrogen-bond acceptors (Lipinski definition) is 5. The monoisotopic (exact) mass is 471 g/mol. The fourth-order valence-corrected chi connectivity index (χ4v) is 6.39. The van der Waals surface area contributed by atoms with Gasteiger partial charge in [-0.15, -0.1) is 0 Å². The molecule has 178 valence electrons. The normalized spacial score (nSPS) is 21.4. The Bertz CT molecular complexity index is 1200. The van der Waals surface area contributed by atoms with Crippen LogP contribution in [0.5, 0.6) is 0 Å². The number of piperidine rings is 1. The number of ether oxygens (including phenoxy) is 1. The minimum atomic E-state index is -3.76. The zero-order chi connectivity index (χ0) is 24.2. The molecular formula is C25H33N3O4S. The molecule has 0 amide bonds. The van der Waals surface area contributed by atoms with Gasteiger partial charge in [0.1, 0.15) is 5.41 Å². The maximum atomic E-state index is 13.6. The Labute approximate surface area is 196 Å². The van der Waals surface area contributed by atoms with Gasteiger partial charge in [-0.3, -0.25) is 9.48 Å². The first-order chi connectivity index (χ1) is 15.4. The van der Waals surface area contributed by atoms with Gasteiger partial charge in [0.15, 0.2) is 0 Å². The van der Waals surface area contributed by atoms with Crippen LogP contribution in [-0.2, 0) is 31.4 Å². The van der Waals surface area contributed by atoms with Gasteiger partial charge in [-0.2, -0.15) is 9.40 Å². The topological polar surface area (TPSA) is 81.5 Å². The number of esters is 1. The van der Waals surface area contributed by atoms with Crippen molar-refractivity contribution in [1.29, 1.82) is 0 Å². The Morgan fingerprint density at radius 3 is 2.42 bits per heavy atom. The molecule has 0 bridgehead atoms. The molecule has 1 aliphatic carbocycles. The van der Waals surface area contributed by atoms with Crippen LogP contribution < -0.4 is 0 Å². The Morgan fingerprint density at radius 2 is 1.85 bits per heavy atom. The molecule has 0 spiro atoms. The predicted octanol–water partition coefficient (Wildman–Crippen LogP) is 3.96. The molecule has 1 atom stereocenters. The van der Waals surface area contributed by atoms with Crippen molar-refractivity contribution in [1.82, 2.24) is 14.1 Å². The van der Waals surface area contributed by atoms with Gasteiger partial charge in [-0.05, 0) is 67.0 Å². The Morgan fingerprint density at radius 1 is 1.18 bits per heavy atom. The van der Waals surface area contributed by atoms with Gasteiger partial charge in [-0.1, -0.05) is 32.9 Å². The van der Waals surface area contributed by atoms with E-state index in [1.807, 2.05) is 22.9 Å². The van der Waals surface area contributed by atoms with Crippen LogP contribution in [0, 0.1) is 5.41 Å². The standard InChI is InChI=1S/C25H33N3O4S/c1-17(2)28-22-13-20-11-12-27(16-25(20,23(29)32-6)14-18(22)15-26-28)33(30,31)21-9-7-19(8-10-21)24(3,4)5/h7-10,13,15,17H,11-12,14,16H2,1-6H3/t25-/m0/s1. The molecule has 1 aliphatic heterocycles. The number of carbonyl (C=O) groups excluding carboxylic acids is 1. The molecule has 1 fully saturated rings. The fourth-order valence-electron chi connectivity index (χ4n) is 4.89. The molecule has 1 aromatic heterocycles. The van der Waals surface area contributed by atoms with Gasteiger partial charge in [0.2, 0.25) is 10.0 Å². The summed E-state index contributed by atoms with van der Waals surface area (Å²) in [6.07, 6.45) is 4.65. The van der Waals surface area contributed by atoms with E-state index < -0.39 is 21.4 Å². The van der Waals surface area contributed by atoms with Crippen molar-refractivity contribution in [3.05, 3.63) is 52.9 Å². The van der Waals surface area contributed by atoms with Crippen LogP contribution in [-0.4, -0.2) is 48.7 Å². The number of methoxy groups -OCH3 is 1. The van der Waals surface area contributed by atoms with E-state index in [1.165, 1.54) is 11.4 Å². The predicted molar refractivity (Wildman–Crippen MR) is 127 cm³/mol. The third kappa shape index (κ3) is 3.93. The summed E-state index contributed by atoms with van der Waals surface area (Å²) in [7, 11) is -2.40. The summed E-state index contributed by atoms with van der Waals surface area (Å²) >= 11 is 0. The Kier molecular flexibility index (Phi) is 5.81. The summed E-state index contributed by atoms with van der Waals surface area (Å²) in [5.74, 6) is -0.403. The summed E-state index contributed by atoms with van der Waals surface area (Å²) in [5, 5.41) is 4.50. The molecule has 4 rings (SSSR count). The largest absolute Gasteiger partial charge is 0.468 e. The zero-order valence-electron chi connectivity index (χ0n) is 20.3. The quantitative estimate of drug-likeness (QED) is 0.631. The Hall–Kier alpha value is -2.45. The van der Waals surface area contributed by atoms with E-state index in [2.05, 4.69) is 39.7 Å². The number of hydrogen-bond donors (Lipinski definition) is 0. The lowest BCUT2D eigenvalue weighted by Crippen LogP contribution is -2.53. The molecule has 2 aromatic rings. The van der Waals surface area contributed by atoms with Crippen LogP contribution in [0.3, 0.4) is 0 Å². The first kappa shape index (κ1) is 23.7. The second-order valence-electron chi connectivity index (χ2n) is 10.4. The van der Waals surface area contributed by atoms with Crippen LogP contribution >= 0.6 is 0 Å². The summed E-state index contributed by atoms with van der Waals surface area (Å²) in [6, 6.07) is 7.25. The van der Waals surface area contributed by atoms with Crippen molar-refractivity contribution in [2.45, 2.75) is 63.8 Å². The van der Waals surface area contributed by atoms with E-state index in [0.29, 0.717) is 19.4 Å². The van der Waals surface area contributed by atoms with Crippen molar-refractivity contribution >= 4 is 22.1 Å². The summed E-state index contributed by atoms with van der Waals surface area (Å²) in [5.41, 5.74) is 2.81. The van der Waals surface area contributed by atoms with Crippen molar-refractivity contribution in [3.63, 3.8) is 0 Å². The van der Waals surface area contributed by atoms with Crippen molar-refractivity contribution in [2.24, 2.45) is 5.41 Å². The van der Waals surface area contributed by atoms with E-state index >= 15 is 0 Å². The maximum Gasteiger partial charge on any atom is 0.317 e. The van der Waals surface area contributed by atoms with Crippen LogP contribution in [0.15, 0.2) is 40.9 Å². The highest BCUT2D eigenvalue weighted by molar-refractivity contribution is 7.89. The summed E-state index contributed by atoms with van der Waals surface area (Å²) < 4.78 is 35.7.